The highest BCUT2D eigenvalue weighted by Crippen LogP contribution is 2.27. The summed E-state index contributed by atoms with van der Waals surface area (Å²) >= 11 is 0. The van der Waals surface area contributed by atoms with Crippen LogP contribution in [0.1, 0.15) is 39.2 Å². The molecule has 0 bridgehead atoms. The Morgan fingerprint density at radius 3 is 2.61 bits per heavy atom. The third-order valence-electron chi connectivity index (χ3n) is 3.61. The van der Waals surface area contributed by atoms with Crippen LogP contribution in [0.3, 0.4) is 0 Å². The molecule has 1 unspecified atom stereocenters. The predicted octanol–water partition coefficient (Wildman–Crippen LogP) is 3.09. The highest BCUT2D eigenvalue weighted by Gasteiger charge is 2.21. The van der Waals surface area contributed by atoms with Gasteiger partial charge in [-0.25, -0.2) is 0 Å². The van der Waals surface area contributed by atoms with Gasteiger partial charge in [-0.15, -0.1) is 12.4 Å². The number of carbonyl (C=O) groups excluding carboxylic acids is 1. The average molecular weight is 359 g/mol. The Balaban J connectivity index is 0.00000264. The van der Waals surface area contributed by atoms with Gasteiger partial charge < -0.3 is 10.6 Å². The Bertz CT molecular complexity index is 554. The number of nitrogens with one attached hydrogen (secondary N) is 2. The van der Waals surface area contributed by atoms with E-state index in [9.17, 15) is 9.00 Å². The number of carbonyl (C=O) groups is 1. The van der Waals surface area contributed by atoms with Gasteiger partial charge >= 0.3 is 0 Å². The second kappa shape index (κ2) is 8.81. The van der Waals surface area contributed by atoms with Crippen LogP contribution in [0, 0.1) is 5.92 Å². The molecule has 1 saturated carbocycles. The molecule has 1 amide bonds. The number of rotatable bonds is 7. The lowest BCUT2D eigenvalue weighted by atomic mass is 10.2. The first kappa shape index (κ1) is 20.1. The molecule has 0 spiro atoms. The normalized spacial score (nSPS) is 15.6. The molecule has 4 nitrogen and oxygen atoms in total. The Morgan fingerprint density at radius 2 is 2.00 bits per heavy atom. The van der Waals surface area contributed by atoms with Crippen molar-refractivity contribution < 1.29 is 9.00 Å². The molecule has 0 radical (unpaired) electrons. The Kier molecular flexibility index (Phi) is 7.71. The quantitative estimate of drug-likeness (QED) is 0.787. The van der Waals surface area contributed by atoms with E-state index in [1.165, 1.54) is 12.8 Å². The fourth-order valence-electron chi connectivity index (χ4n) is 2.02. The first-order chi connectivity index (χ1) is 10.3. The van der Waals surface area contributed by atoms with Crippen LogP contribution in [0.5, 0.6) is 0 Å². The number of benzene rings is 1. The molecule has 0 saturated heterocycles. The molecule has 0 aliphatic heterocycles. The van der Waals surface area contributed by atoms with Crippen LogP contribution in [0.4, 0.5) is 5.69 Å². The summed E-state index contributed by atoms with van der Waals surface area (Å²) in [5.41, 5.74) is 1.75. The molecular weight excluding hydrogens is 332 g/mol. The van der Waals surface area contributed by atoms with E-state index in [1.54, 1.807) is 0 Å². The van der Waals surface area contributed by atoms with Gasteiger partial charge in [-0.3, -0.25) is 9.00 Å². The van der Waals surface area contributed by atoms with Crippen molar-refractivity contribution in [3.8, 4) is 0 Å². The van der Waals surface area contributed by atoms with E-state index in [-0.39, 0.29) is 23.1 Å². The van der Waals surface area contributed by atoms with Crippen molar-refractivity contribution in [3.63, 3.8) is 0 Å². The summed E-state index contributed by atoms with van der Waals surface area (Å²) in [4.78, 5) is 11.9. The van der Waals surface area contributed by atoms with E-state index in [1.807, 2.05) is 45.0 Å². The van der Waals surface area contributed by atoms with Crippen LogP contribution >= 0.6 is 12.4 Å². The van der Waals surface area contributed by atoms with Gasteiger partial charge in [0.2, 0.25) is 5.91 Å². The molecule has 1 aliphatic carbocycles. The smallest absolute Gasteiger partial charge is 0.238 e. The van der Waals surface area contributed by atoms with E-state index >= 15 is 0 Å². The zero-order valence-electron chi connectivity index (χ0n) is 14.1. The number of halogens is 1. The van der Waals surface area contributed by atoms with Crippen molar-refractivity contribution >= 4 is 34.8 Å². The minimum absolute atomic E-state index is 0. The number of hydrogen-bond acceptors (Lipinski definition) is 3. The van der Waals surface area contributed by atoms with Crippen molar-refractivity contribution in [2.24, 2.45) is 5.92 Å². The molecular formula is C17H27ClN2O2S. The van der Waals surface area contributed by atoms with Gasteiger partial charge in [0.1, 0.15) is 0 Å². The maximum Gasteiger partial charge on any atom is 0.238 e. The lowest BCUT2D eigenvalue weighted by molar-refractivity contribution is -0.115. The maximum atomic E-state index is 12.2. The van der Waals surface area contributed by atoms with Gasteiger partial charge in [-0.2, -0.15) is 0 Å². The molecule has 1 atom stereocenters. The fraction of sp³-hybridized carbons (Fsp3) is 0.588. The van der Waals surface area contributed by atoms with E-state index in [2.05, 4.69) is 10.6 Å². The molecule has 23 heavy (non-hydrogen) atoms. The van der Waals surface area contributed by atoms with Crippen LogP contribution < -0.4 is 10.6 Å². The first-order valence-corrected chi connectivity index (χ1v) is 9.14. The molecule has 1 fully saturated rings. The van der Waals surface area contributed by atoms with Crippen molar-refractivity contribution in [2.45, 2.75) is 44.1 Å². The standard InChI is InChI=1S/C17H26N2O2S.ClH/c1-17(2,3)22(21)12-14-5-4-6-15(9-14)19-16(20)11-18-10-13-7-8-13;/h4-6,9,13,18H,7-8,10-12H2,1-3H3,(H,19,20);1H. The summed E-state index contributed by atoms with van der Waals surface area (Å²) in [5, 5.41) is 6.06. The zero-order valence-corrected chi connectivity index (χ0v) is 15.7. The van der Waals surface area contributed by atoms with Crippen LogP contribution in [0.2, 0.25) is 0 Å². The first-order valence-electron chi connectivity index (χ1n) is 7.82. The van der Waals surface area contributed by atoms with Crippen LogP contribution in [-0.4, -0.2) is 28.0 Å². The van der Waals surface area contributed by atoms with E-state index in [0.717, 1.165) is 23.7 Å². The second-order valence-electron chi connectivity index (χ2n) is 6.93. The van der Waals surface area contributed by atoms with Gasteiger partial charge in [-0.1, -0.05) is 12.1 Å². The zero-order chi connectivity index (χ0) is 16.2. The lowest BCUT2D eigenvalue weighted by Gasteiger charge is -2.18. The molecule has 0 aromatic heterocycles. The highest BCUT2D eigenvalue weighted by atomic mass is 35.5. The molecule has 130 valence electrons. The molecule has 1 aromatic rings. The van der Waals surface area contributed by atoms with Crippen LogP contribution in [0.25, 0.3) is 0 Å². The van der Waals surface area contributed by atoms with Crippen molar-refractivity contribution in [2.75, 3.05) is 18.4 Å². The molecule has 2 N–H and O–H groups in total. The number of amides is 1. The maximum absolute atomic E-state index is 12.2. The average Bonchev–Trinajstić information content (AvgIpc) is 3.22. The van der Waals surface area contributed by atoms with Crippen molar-refractivity contribution in [1.82, 2.24) is 5.32 Å². The van der Waals surface area contributed by atoms with E-state index in [0.29, 0.717) is 12.3 Å². The summed E-state index contributed by atoms with van der Waals surface area (Å²) < 4.78 is 12.0. The van der Waals surface area contributed by atoms with E-state index < -0.39 is 10.8 Å². The molecule has 2 rings (SSSR count). The van der Waals surface area contributed by atoms with Crippen LogP contribution in [-0.2, 0) is 21.3 Å². The molecule has 0 heterocycles. The predicted molar refractivity (Wildman–Crippen MR) is 99.5 cm³/mol. The SMILES string of the molecule is CC(C)(C)S(=O)Cc1cccc(NC(=O)CNCC2CC2)c1.Cl. The van der Waals surface area contributed by atoms with Crippen molar-refractivity contribution in [1.29, 1.82) is 0 Å². The molecule has 1 aromatic carbocycles. The summed E-state index contributed by atoms with van der Waals surface area (Å²) in [6, 6.07) is 7.61. The monoisotopic (exact) mass is 358 g/mol. The van der Waals surface area contributed by atoms with Gasteiger partial charge in [-0.05, 0) is 63.8 Å². The minimum atomic E-state index is -0.937. The van der Waals surface area contributed by atoms with Crippen molar-refractivity contribution in [3.05, 3.63) is 29.8 Å². The summed E-state index contributed by atoms with van der Waals surface area (Å²) in [5.74, 6) is 1.24. The van der Waals surface area contributed by atoms with E-state index in [4.69, 9.17) is 0 Å². The fourth-order valence-corrected chi connectivity index (χ4v) is 2.94. The lowest BCUT2D eigenvalue weighted by Crippen LogP contribution is -2.29. The highest BCUT2D eigenvalue weighted by molar-refractivity contribution is 7.85. The van der Waals surface area contributed by atoms with Crippen LogP contribution in [0.15, 0.2) is 24.3 Å². The number of anilines is 1. The summed E-state index contributed by atoms with van der Waals surface area (Å²) in [7, 11) is -0.937. The van der Waals surface area contributed by atoms with Gasteiger partial charge in [0.25, 0.3) is 0 Å². The van der Waals surface area contributed by atoms with Gasteiger partial charge in [0, 0.05) is 27.0 Å². The topological polar surface area (TPSA) is 58.2 Å². The second-order valence-corrected chi connectivity index (χ2v) is 9.13. The third kappa shape index (κ3) is 7.46. The third-order valence-corrected chi connectivity index (χ3v) is 5.57. The largest absolute Gasteiger partial charge is 0.325 e. The number of hydrogen-bond donors (Lipinski definition) is 2. The minimum Gasteiger partial charge on any atom is -0.325 e. The summed E-state index contributed by atoms with van der Waals surface area (Å²) in [6.07, 6.45) is 2.56. The molecule has 6 heteroatoms. The van der Waals surface area contributed by atoms with Gasteiger partial charge in [0.05, 0.1) is 6.54 Å². The Hall–Kier alpha value is -0.910. The summed E-state index contributed by atoms with van der Waals surface area (Å²) in [6.45, 7) is 7.19. The molecule has 1 aliphatic rings. The Labute approximate surface area is 147 Å². The van der Waals surface area contributed by atoms with Gasteiger partial charge in [0.15, 0.2) is 0 Å². The Morgan fingerprint density at radius 1 is 1.30 bits per heavy atom.